The zero-order valence-corrected chi connectivity index (χ0v) is 22.8. The van der Waals surface area contributed by atoms with Crippen molar-refractivity contribution in [3.05, 3.63) is 75.4 Å². The minimum atomic E-state index is -0.00752. The summed E-state index contributed by atoms with van der Waals surface area (Å²) in [5.41, 5.74) is 6.12. The molecule has 8 heteroatoms. The monoisotopic (exact) mass is 534 g/mol. The smallest absolute Gasteiger partial charge is 0.253 e. The van der Waals surface area contributed by atoms with Gasteiger partial charge >= 0.3 is 0 Å². The Morgan fingerprint density at radius 2 is 1.69 bits per heavy atom. The Bertz CT molecular complexity index is 1150. The first kappa shape index (κ1) is 27.4. The predicted molar refractivity (Wildman–Crippen MR) is 150 cm³/mol. The van der Waals surface area contributed by atoms with Gasteiger partial charge in [0.25, 0.3) is 5.91 Å². The molecule has 3 aromatic rings. The zero-order chi connectivity index (χ0) is 24.2. The van der Waals surface area contributed by atoms with Crippen molar-refractivity contribution in [2.75, 3.05) is 44.2 Å². The molecule has 1 saturated heterocycles. The van der Waals surface area contributed by atoms with E-state index in [2.05, 4.69) is 50.9 Å². The minimum Gasteiger partial charge on any atom is -0.368 e. The number of hydrogen-bond donors (Lipinski definition) is 1. The fraction of sp³-hybridized carbons (Fsp3) is 0.370. The van der Waals surface area contributed by atoms with Crippen LogP contribution in [0.1, 0.15) is 28.0 Å². The Kier molecular flexibility index (Phi) is 9.54. The lowest BCUT2D eigenvalue weighted by Gasteiger charge is -2.36. The molecular formula is C27H33Cl3N4O. The average molecular weight is 536 g/mol. The summed E-state index contributed by atoms with van der Waals surface area (Å²) >= 11 is 12.5. The van der Waals surface area contributed by atoms with Gasteiger partial charge < -0.3 is 14.8 Å². The zero-order valence-electron chi connectivity index (χ0n) is 20.5. The first-order chi connectivity index (χ1) is 16.3. The van der Waals surface area contributed by atoms with Gasteiger partial charge in [0.2, 0.25) is 0 Å². The van der Waals surface area contributed by atoms with Crippen LogP contribution in [0.25, 0.3) is 11.3 Å². The second kappa shape index (κ2) is 12.2. The number of carbonyl (C=O) groups excluding carboxylic acids is 1. The number of nitrogens with one attached hydrogen (secondary N) is 1. The summed E-state index contributed by atoms with van der Waals surface area (Å²) in [4.78, 5) is 17.6. The van der Waals surface area contributed by atoms with Crippen molar-refractivity contribution in [1.29, 1.82) is 0 Å². The molecule has 0 saturated carbocycles. The van der Waals surface area contributed by atoms with Crippen molar-refractivity contribution in [1.82, 2.24) is 14.8 Å². The average Bonchev–Trinajstić information content (AvgIpc) is 3.14. The molecule has 188 valence electrons. The number of rotatable bonds is 7. The second-order valence-electron chi connectivity index (χ2n) is 8.96. The molecule has 1 fully saturated rings. The molecule has 2 aromatic carbocycles. The Labute approximate surface area is 224 Å². The molecule has 0 unspecified atom stereocenters. The number of benzene rings is 2. The molecule has 5 nitrogen and oxygen atoms in total. The second-order valence-corrected chi connectivity index (χ2v) is 9.75. The van der Waals surface area contributed by atoms with Crippen LogP contribution in [0, 0.1) is 13.8 Å². The van der Waals surface area contributed by atoms with Crippen LogP contribution in [0.2, 0.25) is 10.0 Å². The summed E-state index contributed by atoms with van der Waals surface area (Å²) in [6, 6.07) is 16.2. The van der Waals surface area contributed by atoms with E-state index in [0.29, 0.717) is 16.6 Å². The van der Waals surface area contributed by atoms with E-state index >= 15 is 0 Å². The molecule has 0 atom stereocenters. The van der Waals surface area contributed by atoms with E-state index in [9.17, 15) is 4.79 Å². The molecule has 4 rings (SSSR count). The maximum atomic E-state index is 12.9. The molecule has 0 radical (unpaired) electrons. The van der Waals surface area contributed by atoms with Gasteiger partial charge in [0, 0.05) is 51.2 Å². The van der Waals surface area contributed by atoms with Gasteiger partial charge in [-0.3, -0.25) is 9.69 Å². The molecule has 0 spiro atoms. The summed E-state index contributed by atoms with van der Waals surface area (Å²) in [5.74, 6) is -0.00752. The summed E-state index contributed by atoms with van der Waals surface area (Å²) in [6.07, 6.45) is 0.917. The van der Waals surface area contributed by atoms with E-state index in [1.54, 1.807) is 0 Å². The summed E-state index contributed by atoms with van der Waals surface area (Å²) < 4.78 is 2.09. The van der Waals surface area contributed by atoms with Gasteiger partial charge in [-0.2, -0.15) is 0 Å². The lowest BCUT2D eigenvalue weighted by atomic mass is 10.1. The van der Waals surface area contributed by atoms with E-state index in [1.807, 2.05) is 38.2 Å². The first-order valence-electron chi connectivity index (χ1n) is 11.8. The van der Waals surface area contributed by atoms with E-state index in [1.165, 1.54) is 5.56 Å². The Morgan fingerprint density at radius 1 is 1.00 bits per heavy atom. The van der Waals surface area contributed by atoms with Crippen LogP contribution in [0.5, 0.6) is 0 Å². The molecule has 0 aliphatic carbocycles. The van der Waals surface area contributed by atoms with Crippen molar-refractivity contribution in [2.45, 2.75) is 20.3 Å². The van der Waals surface area contributed by atoms with Gasteiger partial charge in [-0.1, -0.05) is 59.1 Å². The van der Waals surface area contributed by atoms with Crippen molar-refractivity contribution in [2.24, 2.45) is 7.05 Å². The highest BCUT2D eigenvalue weighted by molar-refractivity contribution is 6.43. The Morgan fingerprint density at radius 3 is 2.37 bits per heavy atom. The maximum absolute atomic E-state index is 12.9. The molecule has 1 aliphatic rings. The molecule has 0 bridgehead atoms. The van der Waals surface area contributed by atoms with Crippen LogP contribution in [-0.2, 0) is 7.05 Å². The van der Waals surface area contributed by atoms with Gasteiger partial charge in [0.15, 0.2) is 0 Å². The molecule has 35 heavy (non-hydrogen) atoms. The third-order valence-corrected chi connectivity index (χ3v) is 7.52. The van der Waals surface area contributed by atoms with E-state index in [0.717, 1.165) is 67.3 Å². The number of aryl methyl sites for hydroxylation is 1. The van der Waals surface area contributed by atoms with Crippen molar-refractivity contribution < 1.29 is 4.79 Å². The number of halogens is 3. The molecular weight excluding hydrogens is 503 g/mol. The Balaban J connectivity index is 0.00000342. The van der Waals surface area contributed by atoms with Gasteiger partial charge in [0.05, 0.1) is 21.3 Å². The number of amides is 1. The number of piperazine rings is 1. The third-order valence-electron chi connectivity index (χ3n) is 6.71. The molecule has 1 aromatic heterocycles. The van der Waals surface area contributed by atoms with Crippen LogP contribution in [0.15, 0.2) is 48.5 Å². The summed E-state index contributed by atoms with van der Waals surface area (Å²) in [5, 5.41) is 4.33. The predicted octanol–water partition coefficient (Wildman–Crippen LogP) is 5.98. The lowest BCUT2D eigenvalue weighted by Crippen LogP contribution is -2.47. The highest BCUT2D eigenvalue weighted by Crippen LogP contribution is 2.33. The van der Waals surface area contributed by atoms with Crippen molar-refractivity contribution in [3.63, 3.8) is 0 Å². The topological polar surface area (TPSA) is 40.5 Å². The lowest BCUT2D eigenvalue weighted by molar-refractivity contribution is 0.0951. The number of aromatic nitrogens is 1. The highest BCUT2D eigenvalue weighted by atomic mass is 35.5. The molecule has 1 N–H and O–H groups in total. The molecule has 1 amide bonds. The highest BCUT2D eigenvalue weighted by Gasteiger charge is 2.20. The van der Waals surface area contributed by atoms with Crippen LogP contribution in [0.4, 0.5) is 5.69 Å². The van der Waals surface area contributed by atoms with Gasteiger partial charge in [-0.25, -0.2) is 0 Å². The van der Waals surface area contributed by atoms with E-state index < -0.39 is 0 Å². The van der Waals surface area contributed by atoms with Crippen LogP contribution in [-0.4, -0.2) is 54.6 Å². The van der Waals surface area contributed by atoms with Gasteiger partial charge in [-0.05, 0) is 50.6 Å². The first-order valence-corrected chi connectivity index (χ1v) is 12.5. The summed E-state index contributed by atoms with van der Waals surface area (Å²) in [6.45, 7) is 9.46. The summed E-state index contributed by atoms with van der Waals surface area (Å²) in [7, 11) is 2.01. The number of nitrogens with zero attached hydrogens (tertiary/aromatic N) is 3. The SMILES string of the molecule is Cc1ccc(-c2cc(C(=O)NCCCN3CCN(c4cccc(Cl)c4Cl)CC3)c(C)n2C)cc1.Cl. The van der Waals surface area contributed by atoms with Gasteiger partial charge in [0.1, 0.15) is 0 Å². The fourth-order valence-electron chi connectivity index (χ4n) is 4.48. The normalized spacial score (nSPS) is 14.0. The van der Waals surface area contributed by atoms with E-state index in [4.69, 9.17) is 23.2 Å². The quantitative estimate of drug-likeness (QED) is 0.378. The third kappa shape index (κ3) is 6.34. The Hall–Kier alpha value is -2.18. The number of carbonyl (C=O) groups is 1. The minimum absolute atomic E-state index is 0. The van der Waals surface area contributed by atoms with Crippen LogP contribution in [0.3, 0.4) is 0 Å². The fourth-order valence-corrected chi connectivity index (χ4v) is 4.89. The van der Waals surface area contributed by atoms with Crippen LogP contribution < -0.4 is 10.2 Å². The van der Waals surface area contributed by atoms with Crippen molar-refractivity contribution >= 4 is 47.2 Å². The standard InChI is InChI=1S/C27H32Cl2N4O.ClH/c1-19-8-10-21(11-9-19)25-18-22(20(2)31(25)3)27(34)30-12-5-13-32-14-16-33(17-15-32)24-7-4-6-23(28)26(24)29;/h4,6-11,18H,5,12-17H2,1-3H3,(H,30,34);1H. The molecule has 1 aliphatic heterocycles. The molecule has 2 heterocycles. The van der Waals surface area contributed by atoms with E-state index in [-0.39, 0.29) is 18.3 Å². The maximum Gasteiger partial charge on any atom is 0.253 e. The largest absolute Gasteiger partial charge is 0.368 e. The van der Waals surface area contributed by atoms with Crippen LogP contribution >= 0.6 is 35.6 Å². The van der Waals surface area contributed by atoms with Crippen molar-refractivity contribution in [3.8, 4) is 11.3 Å². The number of anilines is 1. The van der Waals surface area contributed by atoms with Gasteiger partial charge in [-0.15, -0.1) is 12.4 Å². The number of hydrogen-bond acceptors (Lipinski definition) is 3.